The zero-order chi connectivity index (χ0) is 24.5. The first kappa shape index (κ1) is 25.3. The van der Waals surface area contributed by atoms with Gasteiger partial charge in [0.05, 0.1) is 9.85 Å². The van der Waals surface area contributed by atoms with Gasteiger partial charge < -0.3 is 19.7 Å². The Morgan fingerprint density at radius 2 is 1.09 bits per heavy atom. The van der Waals surface area contributed by atoms with Crippen molar-refractivity contribution in [2.24, 2.45) is 0 Å². The fourth-order valence-electron chi connectivity index (χ4n) is 3.69. The van der Waals surface area contributed by atoms with E-state index in [0.29, 0.717) is 39.3 Å². The molecule has 0 unspecified atom stereocenters. The highest BCUT2D eigenvalue weighted by Gasteiger charge is 2.23. The molecule has 12 nitrogen and oxygen atoms in total. The molecule has 0 bridgehead atoms. The van der Waals surface area contributed by atoms with Gasteiger partial charge in [-0.2, -0.15) is 0 Å². The first-order chi connectivity index (χ1) is 16.3. The van der Waals surface area contributed by atoms with Crippen LogP contribution in [0.1, 0.15) is 0 Å². The summed E-state index contributed by atoms with van der Waals surface area (Å²) in [6.07, 6.45) is -1.63. The molecule has 1 aliphatic heterocycles. The van der Waals surface area contributed by atoms with Gasteiger partial charge in [0.15, 0.2) is 11.5 Å². The number of aliphatic hydroxyl groups is 2. The lowest BCUT2D eigenvalue weighted by atomic mass is 10.2. The number of ether oxygens (including phenoxy) is 2. The molecule has 0 amide bonds. The summed E-state index contributed by atoms with van der Waals surface area (Å²) in [6, 6.07) is 12.1. The van der Waals surface area contributed by atoms with Crippen LogP contribution in [0.2, 0.25) is 0 Å². The van der Waals surface area contributed by atoms with E-state index < -0.39 is 22.1 Å². The number of nitro groups is 2. The van der Waals surface area contributed by atoms with Crippen LogP contribution in [-0.2, 0) is 0 Å². The smallest absolute Gasteiger partial charge is 0.310 e. The Kier molecular flexibility index (Phi) is 9.10. The summed E-state index contributed by atoms with van der Waals surface area (Å²) in [5, 5.41) is 42.7. The summed E-state index contributed by atoms with van der Waals surface area (Å²) in [5.74, 6) is 0.238. The Morgan fingerprint density at radius 3 is 1.44 bits per heavy atom. The number of β-amino-alcohol motifs (C(OH)–C–C–N with tert-alkyl or cyclic N) is 2. The van der Waals surface area contributed by atoms with Crippen LogP contribution in [-0.4, -0.2) is 94.5 Å². The summed E-state index contributed by atoms with van der Waals surface area (Å²) in [7, 11) is 0. The highest BCUT2D eigenvalue weighted by molar-refractivity contribution is 5.46. The highest BCUT2D eigenvalue weighted by atomic mass is 16.6. The number of rotatable bonds is 12. The van der Waals surface area contributed by atoms with Gasteiger partial charge >= 0.3 is 11.4 Å². The first-order valence-electron chi connectivity index (χ1n) is 10.9. The van der Waals surface area contributed by atoms with E-state index in [1.807, 2.05) is 0 Å². The molecular weight excluding hydrogens is 448 g/mol. The van der Waals surface area contributed by atoms with Crippen LogP contribution >= 0.6 is 0 Å². The maximum absolute atomic E-state index is 11.0. The molecule has 1 saturated heterocycles. The molecule has 0 saturated carbocycles. The zero-order valence-electron chi connectivity index (χ0n) is 18.6. The molecule has 1 aliphatic rings. The molecule has 184 valence electrons. The van der Waals surface area contributed by atoms with E-state index in [1.54, 1.807) is 24.3 Å². The predicted molar refractivity (Wildman–Crippen MR) is 122 cm³/mol. The molecule has 34 heavy (non-hydrogen) atoms. The van der Waals surface area contributed by atoms with Crippen LogP contribution < -0.4 is 9.47 Å². The maximum atomic E-state index is 11.0. The fourth-order valence-corrected chi connectivity index (χ4v) is 3.69. The van der Waals surface area contributed by atoms with Crippen molar-refractivity contribution in [3.63, 3.8) is 0 Å². The number of hydrogen-bond acceptors (Lipinski definition) is 10. The van der Waals surface area contributed by atoms with Gasteiger partial charge in [-0.3, -0.25) is 30.0 Å². The lowest BCUT2D eigenvalue weighted by molar-refractivity contribution is -0.386. The van der Waals surface area contributed by atoms with Crippen LogP contribution in [0.4, 0.5) is 11.4 Å². The topological polar surface area (TPSA) is 152 Å². The van der Waals surface area contributed by atoms with E-state index in [0.717, 1.165) is 0 Å². The second kappa shape index (κ2) is 12.2. The Bertz CT molecular complexity index is 890. The van der Waals surface area contributed by atoms with Gasteiger partial charge in [0, 0.05) is 51.4 Å². The van der Waals surface area contributed by atoms with Crippen molar-refractivity contribution >= 4 is 11.4 Å². The van der Waals surface area contributed by atoms with Crippen molar-refractivity contribution in [1.29, 1.82) is 0 Å². The van der Waals surface area contributed by atoms with Gasteiger partial charge in [0.25, 0.3) is 0 Å². The van der Waals surface area contributed by atoms with Crippen molar-refractivity contribution in [2.75, 3.05) is 52.5 Å². The molecule has 2 aromatic rings. The first-order valence-corrected chi connectivity index (χ1v) is 10.9. The molecule has 3 rings (SSSR count). The minimum absolute atomic E-state index is 0.0628. The Morgan fingerprint density at radius 1 is 0.735 bits per heavy atom. The number of nitro benzene ring substituents is 2. The molecule has 12 heteroatoms. The number of nitrogens with zero attached hydrogens (tertiary/aromatic N) is 4. The Hall–Kier alpha value is -3.32. The van der Waals surface area contributed by atoms with Crippen molar-refractivity contribution in [3.8, 4) is 11.5 Å². The number of hydrogen-bond donors (Lipinski definition) is 2. The average Bonchev–Trinajstić information content (AvgIpc) is 2.83. The quantitative estimate of drug-likeness (QED) is 0.339. The molecular formula is C22H28N4O8. The second-order valence-corrected chi connectivity index (χ2v) is 7.98. The van der Waals surface area contributed by atoms with E-state index in [1.165, 1.54) is 24.3 Å². The highest BCUT2D eigenvalue weighted by Crippen LogP contribution is 2.26. The number of para-hydroxylation sites is 4. The lowest BCUT2D eigenvalue weighted by Crippen LogP contribution is -2.51. The monoisotopic (exact) mass is 476 g/mol. The molecule has 2 atom stereocenters. The van der Waals surface area contributed by atoms with E-state index in [-0.39, 0.29) is 36.1 Å². The van der Waals surface area contributed by atoms with Crippen molar-refractivity contribution in [2.45, 2.75) is 12.2 Å². The summed E-state index contributed by atoms with van der Waals surface area (Å²) in [4.78, 5) is 25.1. The van der Waals surface area contributed by atoms with Gasteiger partial charge in [-0.25, -0.2) is 0 Å². The molecule has 1 heterocycles. The normalized spacial score (nSPS) is 16.5. The third-order valence-electron chi connectivity index (χ3n) is 5.39. The van der Waals surface area contributed by atoms with Gasteiger partial charge in [-0.05, 0) is 12.1 Å². The summed E-state index contributed by atoms with van der Waals surface area (Å²) in [6.45, 7) is 3.26. The van der Waals surface area contributed by atoms with Crippen molar-refractivity contribution < 1.29 is 29.5 Å². The Labute approximate surface area is 196 Å². The zero-order valence-corrected chi connectivity index (χ0v) is 18.6. The minimum Gasteiger partial charge on any atom is -0.484 e. The SMILES string of the molecule is O=[N+]([O-])c1ccccc1OC[C@H](O)CN1CCN(C[C@@H](O)COc2ccccc2[N+](=O)[O-])CC1. The van der Waals surface area contributed by atoms with Crippen LogP contribution in [0.25, 0.3) is 0 Å². The van der Waals surface area contributed by atoms with Crippen LogP contribution in [0, 0.1) is 20.2 Å². The van der Waals surface area contributed by atoms with E-state index in [9.17, 15) is 30.4 Å². The van der Waals surface area contributed by atoms with Crippen LogP contribution in [0.15, 0.2) is 48.5 Å². The van der Waals surface area contributed by atoms with E-state index in [2.05, 4.69) is 9.80 Å². The largest absolute Gasteiger partial charge is 0.484 e. The molecule has 0 aromatic heterocycles. The van der Waals surface area contributed by atoms with Gasteiger partial charge in [0.2, 0.25) is 0 Å². The summed E-state index contributed by atoms with van der Waals surface area (Å²) in [5.41, 5.74) is -0.291. The molecule has 1 fully saturated rings. The fraction of sp³-hybridized carbons (Fsp3) is 0.455. The van der Waals surface area contributed by atoms with Crippen molar-refractivity contribution in [3.05, 3.63) is 68.8 Å². The third kappa shape index (κ3) is 7.35. The second-order valence-electron chi connectivity index (χ2n) is 7.98. The number of piperazine rings is 1. The van der Waals surface area contributed by atoms with Gasteiger partial charge in [-0.15, -0.1) is 0 Å². The standard InChI is InChI=1S/C22H28N4O8/c27-17(15-33-21-7-3-1-5-19(21)25(29)30)13-23-9-11-24(12-10-23)14-18(28)16-34-22-8-4-2-6-20(22)26(31)32/h1-8,17-18,27-28H,9-16H2/t17-,18-/m1/s1. The summed E-state index contributed by atoms with van der Waals surface area (Å²) < 4.78 is 10.9. The molecule has 0 spiro atoms. The van der Waals surface area contributed by atoms with Crippen LogP contribution in [0.5, 0.6) is 11.5 Å². The maximum Gasteiger partial charge on any atom is 0.310 e. The average molecular weight is 476 g/mol. The minimum atomic E-state index is -0.813. The summed E-state index contributed by atoms with van der Waals surface area (Å²) >= 11 is 0. The van der Waals surface area contributed by atoms with E-state index in [4.69, 9.17) is 9.47 Å². The molecule has 2 N–H and O–H groups in total. The number of benzene rings is 2. The molecule has 0 aliphatic carbocycles. The Balaban J connectivity index is 1.36. The van der Waals surface area contributed by atoms with E-state index >= 15 is 0 Å². The lowest BCUT2D eigenvalue weighted by Gasteiger charge is -2.36. The third-order valence-corrected chi connectivity index (χ3v) is 5.39. The predicted octanol–water partition coefficient (Wildman–Crippen LogP) is 1.30. The van der Waals surface area contributed by atoms with Crippen molar-refractivity contribution in [1.82, 2.24) is 9.80 Å². The molecule has 2 aromatic carbocycles. The van der Waals surface area contributed by atoms with Gasteiger partial charge in [-0.1, -0.05) is 24.3 Å². The van der Waals surface area contributed by atoms with Gasteiger partial charge in [0.1, 0.15) is 25.4 Å². The number of aliphatic hydroxyl groups excluding tert-OH is 2. The van der Waals surface area contributed by atoms with Crippen LogP contribution in [0.3, 0.4) is 0 Å². The molecule has 0 radical (unpaired) electrons.